The number of hydrogen-bond acceptors (Lipinski definition) is 2. The lowest BCUT2D eigenvalue weighted by atomic mass is 9.93. The molecule has 2 nitrogen and oxygen atoms in total. The average molecular weight is 253 g/mol. The molecule has 0 aliphatic carbocycles. The Balaban J connectivity index is 1.84. The fraction of sp³-hybridized carbons (Fsp3) is 0.571. The van der Waals surface area contributed by atoms with Crippen LogP contribution in [0.5, 0.6) is 0 Å². The Hall–Kier alpha value is -0.730. The summed E-state index contributed by atoms with van der Waals surface area (Å²) >= 11 is 5.91. The van der Waals surface area contributed by atoms with E-state index in [9.17, 15) is 0 Å². The Morgan fingerprint density at radius 2 is 1.88 bits per heavy atom. The van der Waals surface area contributed by atoms with Crippen LogP contribution in [0.2, 0.25) is 5.02 Å². The van der Waals surface area contributed by atoms with Crippen LogP contribution in [0.3, 0.4) is 0 Å². The third-order valence-electron chi connectivity index (χ3n) is 3.61. The Morgan fingerprint density at radius 3 is 2.47 bits per heavy atom. The highest BCUT2D eigenvalue weighted by Crippen LogP contribution is 2.25. The highest BCUT2D eigenvalue weighted by atomic mass is 35.5. The number of hydrogen-bond donors (Lipinski definition) is 1. The van der Waals surface area contributed by atoms with Gasteiger partial charge in [-0.15, -0.1) is 0 Å². The Kier molecular flexibility index (Phi) is 4.69. The van der Waals surface area contributed by atoms with Gasteiger partial charge in [-0.1, -0.05) is 11.6 Å². The maximum absolute atomic E-state index is 5.91. The third-order valence-corrected chi connectivity index (χ3v) is 3.86. The molecule has 1 fully saturated rings. The molecule has 0 atom stereocenters. The molecule has 1 aromatic rings. The maximum atomic E-state index is 5.91. The molecule has 0 saturated carbocycles. The second-order valence-electron chi connectivity index (χ2n) is 4.80. The molecule has 0 amide bonds. The van der Waals surface area contributed by atoms with Crippen LogP contribution >= 0.6 is 11.6 Å². The lowest BCUT2D eigenvalue weighted by Crippen LogP contribution is -2.34. The predicted molar refractivity (Wildman–Crippen MR) is 74.9 cm³/mol. The van der Waals surface area contributed by atoms with Crippen LogP contribution in [0.25, 0.3) is 0 Å². The second kappa shape index (κ2) is 6.27. The van der Waals surface area contributed by atoms with E-state index in [1.54, 1.807) is 0 Å². The number of anilines is 1. The molecule has 0 bridgehead atoms. The Morgan fingerprint density at radius 1 is 1.24 bits per heavy atom. The average Bonchev–Trinajstić information content (AvgIpc) is 2.38. The van der Waals surface area contributed by atoms with Crippen LogP contribution in [-0.2, 0) is 0 Å². The second-order valence-corrected chi connectivity index (χ2v) is 5.24. The van der Waals surface area contributed by atoms with E-state index in [1.165, 1.54) is 38.0 Å². The molecule has 1 aliphatic rings. The number of benzene rings is 1. The summed E-state index contributed by atoms with van der Waals surface area (Å²) in [6.45, 7) is 3.50. The van der Waals surface area contributed by atoms with Crippen molar-refractivity contribution in [1.82, 2.24) is 5.32 Å². The fourth-order valence-corrected chi connectivity index (χ4v) is 2.61. The summed E-state index contributed by atoms with van der Waals surface area (Å²) in [6, 6.07) is 8.19. The Bertz CT molecular complexity index is 329. The van der Waals surface area contributed by atoms with Crippen molar-refractivity contribution in [3.8, 4) is 0 Å². The van der Waals surface area contributed by atoms with Gasteiger partial charge in [0.15, 0.2) is 0 Å². The molecule has 0 unspecified atom stereocenters. The molecule has 1 heterocycles. The predicted octanol–water partition coefficient (Wildman–Crippen LogP) is 3.17. The molecule has 3 heteroatoms. The summed E-state index contributed by atoms with van der Waals surface area (Å²) in [7, 11) is 2.03. The zero-order valence-electron chi connectivity index (χ0n) is 10.5. The summed E-state index contributed by atoms with van der Waals surface area (Å²) in [6.07, 6.45) is 3.93. The zero-order chi connectivity index (χ0) is 12.1. The molecule has 0 aromatic heterocycles. The van der Waals surface area contributed by atoms with Gasteiger partial charge in [0.25, 0.3) is 0 Å². The molecular weight excluding hydrogens is 232 g/mol. The molecule has 94 valence electrons. The summed E-state index contributed by atoms with van der Waals surface area (Å²) < 4.78 is 0. The first-order valence-corrected chi connectivity index (χ1v) is 6.82. The van der Waals surface area contributed by atoms with Gasteiger partial charge in [-0.05, 0) is 63.0 Å². The lowest BCUT2D eigenvalue weighted by Gasteiger charge is -2.33. The van der Waals surface area contributed by atoms with Crippen molar-refractivity contribution in [2.75, 3.05) is 31.6 Å². The van der Waals surface area contributed by atoms with Crippen molar-refractivity contribution in [3.05, 3.63) is 29.3 Å². The summed E-state index contributed by atoms with van der Waals surface area (Å²) in [4.78, 5) is 2.46. The van der Waals surface area contributed by atoms with Crippen molar-refractivity contribution in [1.29, 1.82) is 0 Å². The largest absolute Gasteiger partial charge is 0.372 e. The highest BCUT2D eigenvalue weighted by molar-refractivity contribution is 6.30. The van der Waals surface area contributed by atoms with E-state index in [2.05, 4.69) is 22.3 Å². The van der Waals surface area contributed by atoms with E-state index in [1.807, 2.05) is 19.2 Å². The van der Waals surface area contributed by atoms with Crippen LogP contribution in [0.1, 0.15) is 19.3 Å². The van der Waals surface area contributed by atoms with Gasteiger partial charge in [0.2, 0.25) is 0 Å². The number of rotatable bonds is 4. The normalized spacial score (nSPS) is 17.4. The van der Waals surface area contributed by atoms with E-state index in [-0.39, 0.29) is 0 Å². The summed E-state index contributed by atoms with van der Waals surface area (Å²) in [5.41, 5.74) is 1.31. The first-order valence-electron chi connectivity index (χ1n) is 6.44. The van der Waals surface area contributed by atoms with Gasteiger partial charge < -0.3 is 10.2 Å². The summed E-state index contributed by atoms with van der Waals surface area (Å²) in [5, 5.41) is 4.05. The van der Waals surface area contributed by atoms with Crippen LogP contribution in [0, 0.1) is 5.92 Å². The lowest BCUT2D eigenvalue weighted by molar-refractivity contribution is 0.378. The van der Waals surface area contributed by atoms with Gasteiger partial charge in [-0.3, -0.25) is 0 Å². The molecule has 1 saturated heterocycles. The standard InChI is InChI=1S/C14H21ClN2/c1-16-9-6-12-7-10-17(11-8-12)14-4-2-13(15)3-5-14/h2-5,12,16H,6-11H2,1H3. The first kappa shape index (κ1) is 12.7. The smallest absolute Gasteiger partial charge is 0.0407 e. The number of halogens is 1. The number of piperidine rings is 1. The van der Waals surface area contributed by atoms with E-state index >= 15 is 0 Å². The molecule has 0 radical (unpaired) electrons. The third kappa shape index (κ3) is 3.62. The van der Waals surface area contributed by atoms with Crippen molar-refractivity contribution >= 4 is 17.3 Å². The minimum absolute atomic E-state index is 0.817. The molecule has 17 heavy (non-hydrogen) atoms. The highest BCUT2D eigenvalue weighted by Gasteiger charge is 2.18. The number of nitrogens with zero attached hydrogens (tertiary/aromatic N) is 1. The molecule has 1 aromatic carbocycles. The van der Waals surface area contributed by atoms with Crippen molar-refractivity contribution < 1.29 is 0 Å². The minimum atomic E-state index is 0.817. The van der Waals surface area contributed by atoms with Gasteiger partial charge in [0.05, 0.1) is 0 Å². The fourth-order valence-electron chi connectivity index (χ4n) is 2.48. The van der Waals surface area contributed by atoms with E-state index in [4.69, 9.17) is 11.6 Å². The van der Waals surface area contributed by atoms with E-state index < -0.39 is 0 Å². The van der Waals surface area contributed by atoms with Crippen LogP contribution in [0.4, 0.5) is 5.69 Å². The van der Waals surface area contributed by atoms with Gasteiger partial charge in [0, 0.05) is 23.8 Å². The van der Waals surface area contributed by atoms with Crippen LogP contribution < -0.4 is 10.2 Å². The molecule has 2 rings (SSSR count). The quantitative estimate of drug-likeness (QED) is 0.886. The first-order chi connectivity index (χ1) is 8.29. The van der Waals surface area contributed by atoms with Gasteiger partial charge in [0.1, 0.15) is 0 Å². The van der Waals surface area contributed by atoms with Crippen molar-refractivity contribution in [2.24, 2.45) is 5.92 Å². The van der Waals surface area contributed by atoms with Crippen LogP contribution in [-0.4, -0.2) is 26.7 Å². The SMILES string of the molecule is CNCCC1CCN(c2ccc(Cl)cc2)CC1. The van der Waals surface area contributed by atoms with E-state index in [0.29, 0.717) is 0 Å². The van der Waals surface area contributed by atoms with Gasteiger partial charge in [-0.2, -0.15) is 0 Å². The topological polar surface area (TPSA) is 15.3 Å². The molecule has 1 aliphatic heterocycles. The van der Waals surface area contributed by atoms with Crippen molar-refractivity contribution in [2.45, 2.75) is 19.3 Å². The molecule has 1 N–H and O–H groups in total. The molecule has 0 spiro atoms. The van der Waals surface area contributed by atoms with Gasteiger partial charge in [-0.25, -0.2) is 0 Å². The van der Waals surface area contributed by atoms with E-state index in [0.717, 1.165) is 17.5 Å². The monoisotopic (exact) mass is 252 g/mol. The maximum Gasteiger partial charge on any atom is 0.0407 e. The van der Waals surface area contributed by atoms with Gasteiger partial charge >= 0.3 is 0 Å². The zero-order valence-corrected chi connectivity index (χ0v) is 11.2. The summed E-state index contributed by atoms with van der Waals surface area (Å²) in [5.74, 6) is 0.894. The Labute approximate surface area is 109 Å². The molecular formula is C14H21ClN2. The van der Waals surface area contributed by atoms with Crippen LogP contribution in [0.15, 0.2) is 24.3 Å². The minimum Gasteiger partial charge on any atom is -0.372 e. The number of nitrogens with one attached hydrogen (secondary N) is 1. The van der Waals surface area contributed by atoms with Crippen molar-refractivity contribution in [3.63, 3.8) is 0 Å².